The van der Waals surface area contributed by atoms with Crippen LogP contribution in [0.25, 0.3) is 0 Å². The minimum absolute atomic E-state index is 0.0618. The quantitative estimate of drug-likeness (QED) is 0.790. The fourth-order valence-corrected chi connectivity index (χ4v) is 2.80. The standard InChI is InChI=1S/C13H14BrCl2NO/c14-10-7-9(1-2-11(10)16)12(18)17-8-13(3-4-13)5-6-15/h1-2,7H,3-6,8H2,(H,17,18). The summed E-state index contributed by atoms with van der Waals surface area (Å²) in [6, 6.07) is 5.18. The van der Waals surface area contributed by atoms with Crippen LogP contribution in [0.15, 0.2) is 22.7 Å². The molecule has 5 heteroatoms. The molecule has 0 aliphatic heterocycles. The van der Waals surface area contributed by atoms with E-state index in [4.69, 9.17) is 23.2 Å². The number of hydrogen-bond donors (Lipinski definition) is 1. The Kier molecular flexibility index (Phi) is 4.57. The Balaban J connectivity index is 1.93. The van der Waals surface area contributed by atoms with Crippen LogP contribution in [0.1, 0.15) is 29.6 Å². The van der Waals surface area contributed by atoms with Crippen LogP contribution in [0.3, 0.4) is 0 Å². The van der Waals surface area contributed by atoms with Gasteiger partial charge in [-0.3, -0.25) is 4.79 Å². The maximum Gasteiger partial charge on any atom is 0.251 e. The molecule has 1 aromatic carbocycles. The summed E-state index contributed by atoms with van der Waals surface area (Å²) in [5.74, 6) is 0.593. The van der Waals surface area contributed by atoms with Gasteiger partial charge in [0, 0.05) is 22.5 Å². The van der Waals surface area contributed by atoms with Crippen LogP contribution in [0.2, 0.25) is 5.02 Å². The molecule has 2 rings (SSSR count). The van der Waals surface area contributed by atoms with E-state index < -0.39 is 0 Å². The van der Waals surface area contributed by atoms with Crippen molar-refractivity contribution in [3.05, 3.63) is 33.3 Å². The maximum atomic E-state index is 12.0. The van der Waals surface area contributed by atoms with Crippen molar-refractivity contribution < 1.29 is 4.79 Å². The predicted octanol–water partition coefficient (Wildman–Crippen LogP) is 4.24. The Bertz CT molecular complexity index is 460. The third-order valence-corrected chi connectivity index (χ3v) is 4.79. The average Bonchev–Trinajstić information content (AvgIpc) is 3.11. The highest BCUT2D eigenvalue weighted by atomic mass is 79.9. The summed E-state index contributed by atoms with van der Waals surface area (Å²) >= 11 is 15.0. The topological polar surface area (TPSA) is 29.1 Å². The number of hydrogen-bond acceptors (Lipinski definition) is 1. The summed E-state index contributed by atoms with van der Waals surface area (Å²) in [4.78, 5) is 12.0. The number of carbonyl (C=O) groups is 1. The summed E-state index contributed by atoms with van der Waals surface area (Å²) in [6.07, 6.45) is 3.29. The lowest BCUT2D eigenvalue weighted by Gasteiger charge is -2.14. The van der Waals surface area contributed by atoms with Gasteiger partial charge >= 0.3 is 0 Å². The molecule has 1 N–H and O–H groups in total. The molecule has 1 saturated carbocycles. The van der Waals surface area contributed by atoms with Crippen molar-refractivity contribution in [3.63, 3.8) is 0 Å². The number of rotatable bonds is 5. The Morgan fingerprint density at radius 2 is 2.17 bits per heavy atom. The van der Waals surface area contributed by atoms with Gasteiger partial charge in [-0.05, 0) is 58.8 Å². The zero-order valence-electron chi connectivity index (χ0n) is 9.81. The Labute approximate surface area is 125 Å². The largest absolute Gasteiger partial charge is 0.351 e. The van der Waals surface area contributed by atoms with Crippen molar-refractivity contribution in [1.29, 1.82) is 0 Å². The second kappa shape index (κ2) is 5.81. The first-order valence-electron chi connectivity index (χ1n) is 5.86. The molecular formula is C13H14BrCl2NO. The molecular weight excluding hydrogens is 337 g/mol. The molecule has 0 bridgehead atoms. The van der Waals surface area contributed by atoms with Gasteiger partial charge in [0.15, 0.2) is 0 Å². The predicted molar refractivity (Wildman–Crippen MR) is 78.5 cm³/mol. The molecule has 1 aliphatic rings. The van der Waals surface area contributed by atoms with Crippen LogP contribution in [-0.2, 0) is 0 Å². The average molecular weight is 351 g/mol. The van der Waals surface area contributed by atoms with E-state index in [9.17, 15) is 4.79 Å². The van der Waals surface area contributed by atoms with Gasteiger partial charge in [-0.25, -0.2) is 0 Å². The summed E-state index contributed by atoms with van der Waals surface area (Å²) in [5, 5.41) is 3.58. The van der Waals surface area contributed by atoms with Crippen LogP contribution in [0.4, 0.5) is 0 Å². The molecule has 1 aliphatic carbocycles. The second-order valence-electron chi connectivity index (χ2n) is 4.75. The zero-order chi connectivity index (χ0) is 13.2. The molecule has 2 nitrogen and oxygen atoms in total. The van der Waals surface area contributed by atoms with Gasteiger partial charge in [0.05, 0.1) is 5.02 Å². The minimum Gasteiger partial charge on any atom is -0.351 e. The van der Waals surface area contributed by atoms with Crippen molar-refractivity contribution in [2.75, 3.05) is 12.4 Å². The van der Waals surface area contributed by atoms with Crippen molar-refractivity contribution in [1.82, 2.24) is 5.32 Å². The Morgan fingerprint density at radius 3 is 2.72 bits per heavy atom. The molecule has 0 heterocycles. The van der Waals surface area contributed by atoms with Gasteiger partial charge in [-0.15, -0.1) is 11.6 Å². The number of amides is 1. The maximum absolute atomic E-state index is 12.0. The molecule has 1 aromatic rings. The minimum atomic E-state index is -0.0618. The number of halogens is 3. The Morgan fingerprint density at radius 1 is 1.44 bits per heavy atom. The second-order valence-corrected chi connectivity index (χ2v) is 6.39. The summed E-state index contributed by atoms with van der Waals surface area (Å²) in [6.45, 7) is 0.707. The van der Waals surface area contributed by atoms with E-state index in [-0.39, 0.29) is 11.3 Å². The third kappa shape index (κ3) is 3.40. The van der Waals surface area contributed by atoms with Crippen LogP contribution in [0, 0.1) is 5.41 Å². The van der Waals surface area contributed by atoms with Gasteiger partial charge in [-0.1, -0.05) is 11.6 Å². The molecule has 1 fully saturated rings. The molecule has 18 heavy (non-hydrogen) atoms. The lowest BCUT2D eigenvalue weighted by atomic mass is 10.0. The van der Waals surface area contributed by atoms with E-state index in [1.165, 1.54) is 0 Å². The van der Waals surface area contributed by atoms with E-state index >= 15 is 0 Å². The van der Waals surface area contributed by atoms with E-state index in [1.807, 2.05) is 0 Å². The molecule has 0 spiro atoms. The van der Waals surface area contributed by atoms with Crippen LogP contribution >= 0.6 is 39.1 Å². The van der Waals surface area contributed by atoms with Gasteiger partial charge in [0.25, 0.3) is 5.91 Å². The Hall–Kier alpha value is -0.250. The highest BCUT2D eigenvalue weighted by molar-refractivity contribution is 9.10. The van der Waals surface area contributed by atoms with Crippen molar-refractivity contribution in [2.24, 2.45) is 5.41 Å². The van der Waals surface area contributed by atoms with E-state index in [0.717, 1.165) is 23.7 Å². The van der Waals surface area contributed by atoms with Gasteiger partial charge in [0.1, 0.15) is 0 Å². The van der Waals surface area contributed by atoms with Gasteiger partial charge < -0.3 is 5.32 Å². The third-order valence-electron chi connectivity index (χ3n) is 3.39. The van der Waals surface area contributed by atoms with E-state index in [1.54, 1.807) is 18.2 Å². The van der Waals surface area contributed by atoms with Crippen LogP contribution in [-0.4, -0.2) is 18.3 Å². The first-order chi connectivity index (χ1) is 8.56. The highest BCUT2D eigenvalue weighted by Gasteiger charge is 2.41. The summed E-state index contributed by atoms with van der Waals surface area (Å²) in [7, 11) is 0. The fraction of sp³-hybridized carbons (Fsp3) is 0.462. The van der Waals surface area contributed by atoms with Crippen molar-refractivity contribution in [2.45, 2.75) is 19.3 Å². The smallest absolute Gasteiger partial charge is 0.251 e. The number of carbonyl (C=O) groups excluding carboxylic acids is 1. The lowest BCUT2D eigenvalue weighted by molar-refractivity contribution is 0.0944. The van der Waals surface area contributed by atoms with E-state index in [2.05, 4.69) is 21.2 Å². The first kappa shape index (κ1) is 14.2. The molecule has 0 radical (unpaired) electrons. The van der Waals surface area contributed by atoms with Crippen LogP contribution < -0.4 is 5.32 Å². The van der Waals surface area contributed by atoms with Crippen molar-refractivity contribution >= 4 is 45.0 Å². The summed E-state index contributed by atoms with van der Waals surface area (Å²) < 4.78 is 0.735. The molecule has 0 aromatic heterocycles. The monoisotopic (exact) mass is 349 g/mol. The van der Waals surface area contributed by atoms with Gasteiger partial charge in [0.2, 0.25) is 0 Å². The lowest BCUT2D eigenvalue weighted by Crippen LogP contribution is -2.30. The molecule has 1 amide bonds. The fourth-order valence-electron chi connectivity index (χ4n) is 1.90. The normalized spacial score (nSPS) is 16.4. The van der Waals surface area contributed by atoms with E-state index in [0.29, 0.717) is 23.0 Å². The molecule has 0 atom stereocenters. The zero-order valence-corrected chi connectivity index (χ0v) is 12.9. The number of nitrogens with one attached hydrogen (secondary N) is 1. The van der Waals surface area contributed by atoms with Crippen molar-refractivity contribution in [3.8, 4) is 0 Å². The molecule has 98 valence electrons. The number of alkyl halides is 1. The summed E-state index contributed by atoms with van der Waals surface area (Å²) in [5.41, 5.74) is 0.870. The van der Waals surface area contributed by atoms with Gasteiger partial charge in [-0.2, -0.15) is 0 Å². The van der Waals surface area contributed by atoms with Crippen LogP contribution in [0.5, 0.6) is 0 Å². The first-order valence-corrected chi connectivity index (χ1v) is 7.56. The highest BCUT2D eigenvalue weighted by Crippen LogP contribution is 2.48. The molecule has 0 unspecified atom stereocenters. The number of benzene rings is 1. The molecule has 0 saturated heterocycles. The SMILES string of the molecule is O=C(NCC1(CCCl)CC1)c1ccc(Cl)c(Br)c1.